The Morgan fingerprint density at radius 2 is 1.57 bits per heavy atom. The molecule has 0 unspecified atom stereocenters. The number of rotatable bonds is 7. The number of unbranched alkanes of at least 4 members (excludes halogenated alkanes) is 2. The minimum atomic E-state index is -0.501. The van der Waals surface area contributed by atoms with Crippen LogP contribution in [0.15, 0.2) is 24.3 Å². The summed E-state index contributed by atoms with van der Waals surface area (Å²) in [6.07, 6.45) is 14.0. The fraction of sp³-hybridized carbons (Fsp3) is 0.692. The molecule has 0 heterocycles. The molecule has 82 valence electrons. The lowest BCUT2D eigenvalue weighted by Gasteiger charge is -2.15. The third-order valence-corrected chi connectivity index (χ3v) is 2.06. The highest BCUT2D eigenvalue weighted by molar-refractivity contribution is 4.86. The number of hydrogen-bond acceptors (Lipinski definition) is 1. The average molecular weight is 196 g/mol. The first-order valence-corrected chi connectivity index (χ1v) is 5.55. The van der Waals surface area contributed by atoms with E-state index in [1.54, 1.807) is 0 Å². The van der Waals surface area contributed by atoms with E-state index in [9.17, 15) is 5.11 Å². The largest absolute Gasteiger partial charge is 0.390 e. The summed E-state index contributed by atoms with van der Waals surface area (Å²) < 4.78 is 0. The minimum Gasteiger partial charge on any atom is -0.390 e. The van der Waals surface area contributed by atoms with Crippen molar-refractivity contribution in [2.45, 2.75) is 58.5 Å². The fourth-order valence-electron chi connectivity index (χ4n) is 1.25. The molecule has 0 atom stereocenters. The van der Waals surface area contributed by atoms with Crippen LogP contribution in [0.4, 0.5) is 0 Å². The molecule has 1 N–H and O–H groups in total. The minimum absolute atomic E-state index is 0.501. The van der Waals surface area contributed by atoms with Gasteiger partial charge in [0.2, 0.25) is 0 Å². The third kappa shape index (κ3) is 11.4. The zero-order valence-electron chi connectivity index (χ0n) is 9.79. The molecule has 1 nitrogen and oxygen atoms in total. The van der Waals surface area contributed by atoms with E-state index in [0.717, 1.165) is 32.1 Å². The van der Waals surface area contributed by atoms with Crippen LogP contribution in [-0.4, -0.2) is 10.7 Å². The normalized spacial score (nSPS) is 13.1. The summed E-state index contributed by atoms with van der Waals surface area (Å²) in [6.45, 7) is 5.78. The zero-order valence-corrected chi connectivity index (χ0v) is 9.79. The summed E-state index contributed by atoms with van der Waals surface area (Å²) in [5.74, 6) is 0. The third-order valence-electron chi connectivity index (χ3n) is 2.06. The Bertz CT molecular complexity index is 172. The Hall–Kier alpha value is -0.560. The van der Waals surface area contributed by atoms with Crippen molar-refractivity contribution in [1.82, 2.24) is 0 Å². The molecule has 14 heavy (non-hydrogen) atoms. The van der Waals surface area contributed by atoms with Gasteiger partial charge in [-0.2, -0.15) is 0 Å². The molecule has 0 aliphatic rings. The molecule has 0 aromatic rings. The van der Waals surface area contributed by atoms with Crippen molar-refractivity contribution in [2.24, 2.45) is 0 Å². The van der Waals surface area contributed by atoms with Gasteiger partial charge in [0.25, 0.3) is 0 Å². The quantitative estimate of drug-likeness (QED) is 0.484. The second kappa shape index (κ2) is 7.81. The Kier molecular flexibility index (Phi) is 7.50. The first kappa shape index (κ1) is 13.4. The van der Waals surface area contributed by atoms with E-state index in [1.165, 1.54) is 0 Å². The molecule has 0 spiro atoms. The van der Waals surface area contributed by atoms with Crippen molar-refractivity contribution < 1.29 is 5.11 Å². The highest BCUT2D eigenvalue weighted by Gasteiger charge is 2.10. The number of aliphatic hydroxyl groups is 1. The number of hydrogen-bond donors (Lipinski definition) is 1. The molecule has 0 fully saturated rings. The first-order valence-electron chi connectivity index (χ1n) is 5.55. The standard InChI is InChI=1S/C13H24O/c1-4-5-6-7-8-9-10-11-12-13(2,3)14/h4-5,8-9,14H,6-7,10-12H2,1-3H3. The van der Waals surface area contributed by atoms with Crippen LogP contribution >= 0.6 is 0 Å². The van der Waals surface area contributed by atoms with Crippen LogP contribution in [0.5, 0.6) is 0 Å². The van der Waals surface area contributed by atoms with Gasteiger partial charge < -0.3 is 5.11 Å². The molecule has 0 amide bonds. The van der Waals surface area contributed by atoms with Crippen LogP contribution < -0.4 is 0 Å². The summed E-state index contributed by atoms with van der Waals surface area (Å²) in [6, 6.07) is 0. The van der Waals surface area contributed by atoms with Crippen molar-refractivity contribution in [1.29, 1.82) is 0 Å². The van der Waals surface area contributed by atoms with Gasteiger partial charge in [0.1, 0.15) is 0 Å². The molecule has 0 rings (SSSR count). The van der Waals surface area contributed by atoms with Gasteiger partial charge in [-0.3, -0.25) is 0 Å². The van der Waals surface area contributed by atoms with Gasteiger partial charge in [-0.1, -0.05) is 24.3 Å². The van der Waals surface area contributed by atoms with Crippen molar-refractivity contribution in [2.75, 3.05) is 0 Å². The summed E-state index contributed by atoms with van der Waals surface area (Å²) >= 11 is 0. The Balaban J connectivity index is 3.27. The van der Waals surface area contributed by atoms with Crippen LogP contribution in [0.25, 0.3) is 0 Å². The fourth-order valence-corrected chi connectivity index (χ4v) is 1.25. The summed E-state index contributed by atoms with van der Waals surface area (Å²) in [5, 5.41) is 9.46. The molecule has 0 aliphatic heterocycles. The SMILES string of the molecule is CC=CCCC=CCCCC(C)(C)O. The van der Waals surface area contributed by atoms with Crippen LogP contribution in [0.3, 0.4) is 0 Å². The molecule has 0 radical (unpaired) electrons. The second-order valence-electron chi connectivity index (χ2n) is 4.32. The van der Waals surface area contributed by atoms with Gasteiger partial charge in [-0.15, -0.1) is 0 Å². The lowest BCUT2D eigenvalue weighted by atomic mass is 10.0. The first-order chi connectivity index (χ1) is 6.56. The monoisotopic (exact) mass is 196 g/mol. The van der Waals surface area contributed by atoms with Crippen LogP contribution in [0.1, 0.15) is 52.9 Å². The van der Waals surface area contributed by atoms with E-state index < -0.39 is 5.60 Å². The maximum absolute atomic E-state index is 9.46. The van der Waals surface area contributed by atoms with E-state index in [4.69, 9.17) is 0 Å². The molecule has 0 saturated heterocycles. The Labute approximate surface area is 88.5 Å². The van der Waals surface area contributed by atoms with Crippen molar-refractivity contribution >= 4 is 0 Å². The van der Waals surface area contributed by atoms with E-state index >= 15 is 0 Å². The molecular weight excluding hydrogens is 172 g/mol. The van der Waals surface area contributed by atoms with Crippen molar-refractivity contribution in [3.05, 3.63) is 24.3 Å². The highest BCUT2D eigenvalue weighted by atomic mass is 16.3. The average Bonchev–Trinajstić information content (AvgIpc) is 2.08. The lowest BCUT2D eigenvalue weighted by molar-refractivity contribution is 0.0691. The van der Waals surface area contributed by atoms with Gasteiger partial charge in [-0.25, -0.2) is 0 Å². The summed E-state index contributed by atoms with van der Waals surface area (Å²) in [4.78, 5) is 0. The lowest BCUT2D eigenvalue weighted by Crippen LogP contribution is -2.17. The summed E-state index contributed by atoms with van der Waals surface area (Å²) in [7, 11) is 0. The highest BCUT2D eigenvalue weighted by Crippen LogP contribution is 2.12. The maximum atomic E-state index is 9.46. The molecular formula is C13H24O. The van der Waals surface area contributed by atoms with Crippen LogP contribution in [-0.2, 0) is 0 Å². The second-order valence-corrected chi connectivity index (χ2v) is 4.32. The van der Waals surface area contributed by atoms with Crippen molar-refractivity contribution in [3.8, 4) is 0 Å². The molecule has 0 aromatic heterocycles. The zero-order chi connectivity index (χ0) is 10.9. The van der Waals surface area contributed by atoms with Crippen LogP contribution in [0.2, 0.25) is 0 Å². The molecule has 1 heteroatoms. The Morgan fingerprint density at radius 1 is 1.00 bits per heavy atom. The predicted octanol–water partition coefficient (Wildman–Crippen LogP) is 3.84. The van der Waals surface area contributed by atoms with Gasteiger partial charge in [0.05, 0.1) is 5.60 Å². The van der Waals surface area contributed by atoms with E-state index in [1.807, 2.05) is 20.8 Å². The molecule has 0 bridgehead atoms. The Morgan fingerprint density at radius 3 is 2.14 bits per heavy atom. The van der Waals surface area contributed by atoms with Crippen molar-refractivity contribution in [3.63, 3.8) is 0 Å². The topological polar surface area (TPSA) is 20.2 Å². The van der Waals surface area contributed by atoms with Gasteiger partial charge in [0.15, 0.2) is 0 Å². The predicted molar refractivity (Wildman–Crippen MR) is 63.3 cm³/mol. The van der Waals surface area contributed by atoms with Crippen LogP contribution in [0, 0.1) is 0 Å². The smallest absolute Gasteiger partial charge is 0.0591 e. The van der Waals surface area contributed by atoms with E-state index in [0.29, 0.717) is 0 Å². The van der Waals surface area contributed by atoms with Gasteiger partial charge in [-0.05, 0) is 52.9 Å². The van der Waals surface area contributed by atoms with E-state index in [2.05, 4.69) is 24.3 Å². The summed E-state index contributed by atoms with van der Waals surface area (Å²) in [5.41, 5.74) is -0.501. The number of allylic oxidation sites excluding steroid dienone is 4. The molecule has 0 aromatic carbocycles. The maximum Gasteiger partial charge on any atom is 0.0591 e. The van der Waals surface area contributed by atoms with Gasteiger partial charge >= 0.3 is 0 Å². The molecule has 0 saturated carbocycles. The van der Waals surface area contributed by atoms with Gasteiger partial charge in [0, 0.05) is 0 Å². The van der Waals surface area contributed by atoms with E-state index in [-0.39, 0.29) is 0 Å². The molecule has 0 aliphatic carbocycles.